The predicted octanol–water partition coefficient (Wildman–Crippen LogP) is 3.06. The van der Waals surface area contributed by atoms with Crippen molar-refractivity contribution in [2.75, 3.05) is 7.11 Å². The molecule has 0 aromatic heterocycles. The lowest BCUT2D eigenvalue weighted by Crippen LogP contribution is -2.10. The molecule has 2 N–H and O–H groups in total. The van der Waals surface area contributed by atoms with Gasteiger partial charge in [-0.3, -0.25) is 4.79 Å². The Morgan fingerprint density at radius 2 is 1.61 bits per heavy atom. The summed E-state index contributed by atoms with van der Waals surface area (Å²) in [7, 11) is 1.51. The average molecular weight is 312 g/mol. The number of ether oxygens (including phenoxy) is 1. The first-order valence-electron chi connectivity index (χ1n) is 6.91. The molecule has 5 nitrogen and oxygen atoms in total. The van der Waals surface area contributed by atoms with E-state index in [0.717, 1.165) is 0 Å². The molecule has 0 spiro atoms. The van der Waals surface area contributed by atoms with Gasteiger partial charge in [-0.1, -0.05) is 42.5 Å². The topological polar surface area (TPSA) is 83.8 Å². The van der Waals surface area contributed by atoms with Gasteiger partial charge in [0.2, 0.25) is 0 Å². The Morgan fingerprint density at radius 1 is 0.957 bits per heavy atom. The molecule has 0 unspecified atom stereocenters. The molecule has 23 heavy (non-hydrogen) atoms. The quantitative estimate of drug-likeness (QED) is 0.801. The number of rotatable bonds is 6. The van der Waals surface area contributed by atoms with E-state index in [2.05, 4.69) is 0 Å². The molecule has 0 fully saturated rings. The molecule has 0 atom stereocenters. The van der Waals surface area contributed by atoms with E-state index in [1.54, 1.807) is 48.5 Å². The summed E-state index contributed by atoms with van der Waals surface area (Å²) < 4.78 is 5.18. The molecule has 0 heterocycles. The highest BCUT2D eigenvalue weighted by Crippen LogP contribution is 2.30. The SMILES string of the molecule is COc1cccc(/C(=C(/CC(=O)O)C(=O)O)c2ccccc2)c1. The van der Waals surface area contributed by atoms with Crippen molar-refractivity contribution in [3.8, 4) is 5.75 Å². The molecule has 2 rings (SSSR count). The Balaban J connectivity index is 2.73. The van der Waals surface area contributed by atoms with E-state index in [0.29, 0.717) is 22.4 Å². The smallest absolute Gasteiger partial charge is 0.332 e. The Hall–Kier alpha value is -3.08. The van der Waals surface area contributed by atoms with Crippen LogP contribution >= 0.6 is 0 Å². The molecule has 5 heteroatoms. The lowest BCUT2D eigenvalue weighted by atomic mass is 9.91. The number of carboxylic acids is 2. The summed E-state index contributed by atoms with van der Waals surface area (Å²) in [6, 6.07) is 15.7. The Bertz CT molecular complexity index is 747. The van der Waals surface area contributed by atoms with E-state index >= 15 is 0 Å². The zero-order valence-electron chi connectivity index (χ0n) is 12.5. The van der Waals surface area contributed by atoms with Gasteiger partial charge in [0.05, 0.1) is 19.1 Å². The molecule has 0 radical (unpaired) electrons. The Morgan fingerprint density at radius 3 is 2.17 bits per heavy atom. The van der Waals surface area contributed by atoms with Crippen molar-refractivity contribution in [1.29, 1.82) is 0 Å². The first-order chi connectivity index (χ1) is 11.0. The summed E-state index contributed by atoms with van der Waals surface area (Å²) >= 11 is 0. The minimum Gasteiger partial charge on any atom is -0.497 e. The molecule has 0 amide bonds. The maximum Gasteiger partial charge on any atom is 0.332 e. The molecule has 0 saturated heterocycles. The highest BCUT2D eigenvalue weighted by Gasteiger charge is 2.20. The van der Waals surface area contributed by atoms with Crippen LogP contribution in [0.5, 0.6) is 5.75 Å². The van der Waals surface area contributed by atoms with Gasteiger partial charge in [0.15, 0.2) is 0 Å². The second kappa shape index (κ2) is 7.26. The molecule has 0 aliphatic rings. The van der Waals surface area contributed by atoms with E-state index < -0.39 is 18.4 Å². The molecular weight excluding hydrogens is 296 g/mol. The Kier molecular flexibility index (Phi) is 5.15. The molecule has 0 aliphatic carbocycles. The molecule has 2 aromatic rings. The van der Waals surface area contributed by atoms with Crippen LogP contribution in [0.25, 0.3) is 5.57 Å². The summed E-state index contributed by atoms with van der Waals surface area (Å²) in [5, 5.41) is 18.5. The van der Waals surface area contributed by atoms with Gasteiger partial charge in [-0.15, -0.1) is 0 Å². The minimum atomic E-state index is -1.26. The fourth-order valence-electron chi connectivity index (χ4n) is 2.32. The van der Waals surface area contributed by atoms with Crippen molar-refractivity contribution < 1.29 is 24.5 Å². The molecule has 0 bridgehead atoms. The van der Waals surface area contributed by atoms with Crippen LogP contribution in [0.2, 0.25) is 0 Å². The molecule has 2 aromatic carbocycles. The van der Waals surface area contributed by atoms with Gasteiger partial charge in [0, 0.05) is 5.57 Å². The summed E-state index contributed by atoms with van der Waals surface area (Å²) in [5.74, 6) is -1.89. The van der Waals surface area contributed by atoms with Gasteiger partial charge in [-0.2, -0.15) is 0 Å². The van der Waals surface area contributed by atoms with Crippen molar-refractivity contribution >= 4 is 17.5 Å². The van der Waals surface area contributed by atoms with Crippen molar-refractivity contribution in [3.05, 3.63) is 71.3 Å². The lowest BCUT2D eigenvalue weighted by Gasteiger charge is -2.13. The number of hydrogen-bond donors (Lipinski definition) is 2. The van der Waals surface area contributed by atoms with Gasteiger partial charge in [0.25, 0.3) is 0 Å². The number of carboxylic acid groups (broad SMARTS) is 2. The van der Waals surface area contributed by atoms with Gasteiger partial charge < -0.3 is 14.9 Å². The summed E-state index contributed by atoms with van der Waals surface area (Å²) in [6.07, 6.45) is -0.573. The predicted molar refractivity (Wildman–Crippen MR) is 85.3 cm³/mol. The molecule has 0 aliphatic heterocycles. The minimum absolute atomic E-state index is 0.169. The van der Waals surface area contributed by atoms with Crippen LogP contribution < -0.4 is 4.74 Å². The highest BCUT2D eigenvalue weighted by molar-refractivity contribution is 6.04. The van der Waals surface area contributed by atoms with Gasteiger partial charge in [-0.05, 0) is 23.3 Å². The summed E-state index contributed by atoms with van der Waals surface area (Å²) in [4.78, 5) is 22.7. The van der Waals surface area contributed by atoms with Crippen LogP contribution in [0, 0.1) is 0 Å². The van der Waals surface area contributed by atoms with Crippen LogP contribution in [0.1, 0.15) is 17.5 Å². The van der Waals surface area contributed by atoms with E-state index in [1.807, 2.05) is 6.07 Å². The third kappa shape index (κ3) is 3.97. The second-order valence-corrected chi connectivity index (χ2v) is 4.83. The van der Waals surface area contributed by atoms with Crippen LogP contribution in [0.4, 0.5) is 0 Å². The lowest BCUT2D eigenvalue weighted by molar-refractivity contribution is -0.139. The van der Waals surface area contributed by atoms with Crippen molar-refractivity contribution in [3.63, 3.8) is 0 Å². The van der Waals surface area contributed by atoms with Crippen molar-refractivity contribution in [1.82, 2.24) is 0 Å². The van der Waals surface area contributed by atoms with Gasteiger partial charge in [-0.25, -0.2) is 4.79 Å². The van der Waals surface area contributed by atoms with Crippen LogP contribution in [-0.4, -0.2) is 29.3 Å². The van der Waals surface area contributed by atoms with Gasteiger partial charge in [0.1, 0.15) is 5.75 Å². The number of hydrogen-bond acceptors (Lipinski definition) is 3. The fraction of sp³-hybridized carbons (Fsp3) is 0.111. The van der Waals surface area contributed by atoms with E-state index in [9.17, 15) is 14.7 Å². The zero-order valence-corrected chi connectivity index (χ0v) is 12.5. The second-order valence-electron chi connectivity index (χ2n) is 4.83. The first-order valence-corrected chi connectivity index (χ1v) is 6.91. The zero-order chi connectivity index (χ0) is 16.8. The maximum absolute atomic E-state index is 11.6. The highest BCUT2D eigenvalue weighted by atomic mass is 16.5. The van der Waals surface area contributed by atoms with Crippen LogP contribution in [-0.2, 0) is 9.59 Å². The molecule has 118 valence electrons. The monoisotopic (exact) mass is 312 g/mol. The number of aliphatic carboxylic acids is 2. The first kappa shape index (κ1) is 16.3. The standard InChI is InChI=1S/C18H16O5/c1-23-14-9-5-8-13(10-14)17(12-6-3-2-4-7-12)15(18(21)22)11-16(19)20/h2-10H,11H2,1H3,(H,19,20)(H,21,22)/b17-15-. The number of methoxy groups -OCH3 is 1. The van der Waals surface area contributed by atoms with Crippen molar-refractivity contribution in [2.24, 2.45) is 0 Å². The molecular formula is C18H16O5. The van der Waals surface area contributed by atoms with Crippen molar-refractivity contribution in [2.45, 2.75) is 6.42 Å². The van der Waals surface area contributed by atoms with E-state index in [4.69, 9.17) is 9.84 Å². The summed E-state index contributed by atoms with van der Waals surface area (Å²) in [6.45, 7) is 0. The maximum atomic E-state index is 11.6. The van der Waals surface area contributed by atoms with Gasteiger partial charge >= 0.3 is 11.9 Å². The van der Waals surface area contributed by atoms with E-state index in [-0.39, 0.29) is 5.57 Å². The number of benzene rings is 2. The van der Waals surface area contributed by atoms with E-state index in [1.165, 1.54) is 7.11 Å². The number of carbonyl (C=O) groups is 2. The fourth-order valence-corrected chi connectivity index (χ4v) is 2.32. The Labute approximate surface area is 133 Å². The van der Waals surface area contributed by atoms with Crippen LogP contribution in [0.3, 0.4) is 0 Å². The third-order valence-electron chi connectivity index (χ3n) is 3.31. The third-order valence-corrected chi connectivity index (χ3v) is 3.31. The normalized spacial score (nSPS) is 11.5. The van der Waals surface area contributed by atoms with Crippen LogP contribution in [0.15, 0.2) is 60.2 Å². The largest absolute Gasteiger partial charge is 0.497 e. The summed E-state index contributed by atoms with van der Waals surface area (Å²) in [5.41, 5.74) is 1.44. The molecule has 0 saturated carbocycles. The average Bonchev–Trinajstić information content (AvgIpc) is 2.55.